The Morgan fingerprint density at radius 1 is 0.553 bits per heavy atom. The molecule has 0 fully saturated rings. The zero-order chi connectivity index (χ0) is 67.4. The number of amides is 2. The maximum Gasteiger partial charge on any atom is 0.472 e. The van der Waals surface area contributed by atoms with E-state index in [2.05, 4.69) is 77.9 Å². The van der Waals surface area contributed by atoms with Crippen LogP contribution in [0.1, 0.15) is 230 Å². The molecule has 1 heterocycles. The molecule has 1 aliphatic rings. The van der Waals surface area contributed by atoms with Gasteiger partial charge in [-0.25, -0.2) is 14.4 Å². The number of phosphoric ester groups is 1. The van der Waals surface area contributed by atoms with E-state index >= 15 is 0 Å². The molecule has 1 aliphatic heterocycles. The molecule has 0 spiro atoms. The molecule has 3 N–H and O–H groups in total. The van der Waals surface area contributed by atoms with E-state index in [9.17, 15) is 28.6 Å². The minimum atomic E-state index is -4.69. The summed E-state index contributed by atoms with van der Waals surface area (Å²) in [6.45, 7) is 7.53. The summed E-state index contributed by atoms with van der Waals surface area (Å²) in [6, 6.07) is 22.8. The first-order chi connectivity index (χ1) is 45.8. The number of aryl methyl sites for hydroxylation is 1. The third kappa shape index (κ3) is 40.2. The van der Waals surface area contributed by atoms with Crippen LogP contribution < -0.4 is 20.3 Å². The molecule has 530 valence electrons. The van der Waals surface area contributed by atoms with Gasteiger partial charge in [0.2, 0.25) is 5.91 Å². The molecule has 94 heavy (non-hydrogen) atoms. The SMILES string of the molecule is CCCCCCCCCCCCCCCCCC(=O)OCC(COP(=O)(O)OCCNC(=O)OCCOCC(=O)NCCOCCOCCN(C)c1cccc(-c2ccc(C3=Nc4cc(C)ccc4OC3)cc2)c1)OC(=O)CCCCCCCCCCCCCCCCC. The molecule has 4 rings (SSSR count). The molecular weight excluding hydrogens is 1220 g/mol. The minimum absolute atomic E-state index is 0.0527. The molecule has 3 aromatic rings. The van der Waals surface area contributed by atoms with E-state index in [-0.39, 0.29) is 64.9 Å². The number of likely N-dealkylation sites (N-methyl/N-ethyl adjacent to an activating group) is 1. The first-order valence-electron chi connectivity index (χ1n) is 36.0. The van der Waals surface area contributed by atoms with Gasteiger partial charge < -0.3 is 53.6 Å². The highest BCUT2D eigenvalue weighted by Gasteiger charge is 2.26. The number of fused-ring (bicyclic) bond motifs is 1. The summed E-state index contributed by atoms with van der Waals surface area (Å²) >= 11 is 0. The number of rotatable bonds is 59. The summed E-state index contributed by atoms with van der Waals surface area (Å²) in [7, 11) is -2.66. The molecule has 19 nitrogen and oxygen atoms in total. The van der Waals surface area contributed by atoms with Gasteiger partial charge in [-0.05, 0) is 66.3 Å². The van der Waals surface area contributed by atoms with E-state index in [0.717, 1.165) is 83.6 Å². The molecule has 0 radical (unpaired) electrons. The molecule has 0 aromatic heterocycles. The highest BCUT2D eigenvalue weighted by atomic mass is 31.2. The molecule has 0 saturated carbocycles. The fourth-order valence-corrected chi connectivity index (χ4v) is 11.6. The van der Waals surface area contributed by atoms with Crippen LogP contribution in [-0.4, -0.2) is 140 Å². The molecule has 0 bridgehead atoms. The molecule has 2 amide bonds. The largest absolute Gasteiger partial charge is 0.485 e. The van der Waals surface area contributed by atoms with E-state index in [0.29, 0.717) is 45.8 Å². The molecule has 2 unspecified atom stereocenters. The normalized spacial score (nSPS) is 12.9. The standard InChI is InChI=1S/C74H119N4O15P/c1-5-7-9-11-13-15-17-19-21-23-25-27-29-31-33-38-72(80)90-58-67(93-73(81)39-34-32-30-28-26-24-22-20-18-16-14-12-10-8-6-2)59-92-94(83,84)91-50-47-76-74(82)88-55-54-87-61-71(79)75-46-49-85-52-53-86-51-48-78(4)66-37-35-36-65(57-66)63-41-43-64(44-42-63)69-60-89-70-45-40-62(3)56-68(70)77-69/h35-37,40-45,56-57,67H,5-34,38-39,46-55,58-61H2,1-4H3,(H,75,79)(H,76,82)(H,83,84). The van der Waals surface area contributed by atoms with Gasteiger partial charge in [0.15, 0.2) is 6.10 Å². The van der Waals surface area contributed by atoms with Gasteiger partial charge >= 0.3 is 25.9 Å². The average molecular weight is 1340 g/mol. The molecule has 2 atom stereocenters. The Labute approximate surface area is 564 Å². The van der Waals surface area contributed by atoms with Crippen molar-refractivity contribution in [1.82, 2.24) is 10.6 Å². The Kier molecular flexibility index (Phi) is 45.5. The summed E-state index contributed by atoms with van der Waals surface area (Å²) in [6.07, 6.45) is 34.7. The molecule has 20 heteroatoms. The number of phosphoric acid groups is 1. The lowest BCUT2D eigenvalue weighted by molar-refractivity contribution is -0.161. The van der Waals surface area contributed by atoms with Gasteiger partial charge in [-0.2, -0.15) is 0 Å². The van der Waals surface area contributed by atoms with Crippen LogP contribution in [0, 0.1) is 6.92 Å². The lowest BCUT2D eigenvalue weighted by Crippen LogP contribution is -2.32. The van der Waals surface area contributed by atoms with E-state index < -0.39 is 45.2 Å². The van der Waals surface area contributed by atoms with Crippen molar-refractivity contribution in [2.75, 3.05) is 104 Å². The second kappa shape index (κ2) is 52.7. The third-order valence-electron chi connectivity index (χ3n) is 16.5. The van der Waals surface area contributed by atoms with E-state index in [4.69, 9.17) is 47.2 Å². The zero-order valence-corrected chi connectivity index (χ0v) is 58.9. The summed E-state index contributed by atoms with van der Waals surface area (Å²) in [5.41, 5.74) is 7.22. The maximum absolute atomic E-state index is 12.9. The minimum Gasteiger partial charge on any atom is -0.485 e. The third-order valence-corrected chi connectivity index (χ3v) is 17.5. The van der Waals surface area contributed by atoms with Gasteiger partial charge in [0, 0.05) is 45.2 Å². The van der Waals surface area contributed by atoms with Crippen LogP contribution in [0.15, 0.2) is 71.7 Å². The number of hydrogen-bond acceptors (Lipinski definition) is 16. The monoisotopic (exact) mass is 1330 g/mol. The van der Waals surface area contributed by atoms with Gasteiger partial charge in [0.05, 0.1) is 52.0 Å². The first-order valence-corrected chi connectivity index (χ1v) is 37.5. The summed E-state index contributed by atoms with van der Waals surface area (Å²) in [5, 5.41) is 5.11. The Hall–Kier alpha value is -5.40. The van der Waals surface area contributed by atoms with Crippen molar-refractivity contribution in [3.63, 3.8) is 0 Å². The van der Waals surface area contributed by atoms with E-state index in [1.54, 1.807) is 0 Å². The fraction of sp³-hybridized carbons (Fsp3) is 0.689. The number of anilines is 1. The fourth-order valence-electron chi connectivity index (χ4n) is 10.9. The summed E-state index contributed by atoms with van der Waals surface area (Å²) in [4.78, 5) is 67.6. The highest BCUT2D eigenvalue weighted by molar-refractivity contribution is 7.47. The van der Waals surface area contributed by atoms with Crippen molar-refractivity contribution in [1.29, 1.82) is 0 Å². The molecule has 0 saturated heterocycles. The number of benzene rings is 3. The number of aliphatic imine (C=N–C) groups is 1. The lowest BCUT2D eigenvalue weighted by Gasteiger charge is -2.20. The maximum atomic E-state index is 12.9. The number of esters is 2. The Balaban J connectivity index is 1.00. The number of carbonyl (C=O) groups is 4. The van der Waals surface area contributed by atoms with Crippen LogP contribution in [-0.2, 0) is 56.4 Å². The average Bonchev–Trinajstić information content (AvgIpc) is 0.882. The van der Waals surface area contributed by atoms with E-state index in [1.807, 2.05) is 32.2 Å². The number of ether oxygens (including phenoxy) is 7. The number of nitrogens with one attached hydrogen (secondary N) is 2. The van der Waals surface area contributed by atoms with Gasteiger partial charge in [0.25, 0.3) is 0 Å². The lowest BCUT2D eigenvalue weighted by atomic mass is 10.0. The Morgan fingerprint density at radius 3 is 1.68 bits per heavy atom. The number of carbonyl (C=O) groups excluding carboxylic acids is 4. The van der Waals surface area contributed by atoms with Crippen LogP contribution >= 0.6 is 7.82 Å². The van der Waals surface area contributed by atoms with Crippen molar-refractivity contribution in [3.8, 4) is 16.9 Å². The van der Waals surface area contributed by atoms with Crippen molar-refractivity contribution < 1.29 is 70.8 Å². The Bertz CT molecular complexity index is 2570. The topological polar surface area (TPSA) is 228 Å². The van der Waals surface area contributed by atoms with Crippen LogP contribution in [0.3, 0.4) is 0 Å². The smallest absolute Gasteiger partial charge is 0.472 e. The van der Waals surface area contributed by atoms with Crippen molar-refractivity contribution in [2.24, 2.45) is 4.99 Å². The predicted octanol–water partition coefficient (Wildman–Crippen LogP) is 16.6. The molecule has 3 aromatic carbocycles. The number of hydrogen-bond donors (Lipinski definition) is 3. The zero-order valence-electron chi connectivity index (χ0n) is 58.0. The van der Waals surface area contributed by atoms with Gasteiger partial charge in [0.1, 0.15) is 37.9 Å². The highest BCUT2D eigenvalue weighted by Crippen LogP contribution is 2.43. The summed E-state index contributed by atoms with van der Waals surface area (Å²) < 4.78 is 61.9. The van der Waals surface area contributed by atoms with Crippen molar-refractivity contribution in [3.05, 3.63) is 77.9 Å². The molecular formula is C74H119N4O15P. The quantitative estimate of drug-likeness (QED) is 0.0207. The number of alkyl carbamates (subject to hydrolysis) is 1. The van der Waals surface area contributed by atoms with Crippen LogP contribution in [0.4, 0.5) is 16.2 Å². The predicted molar refractivity (Wildman–Crippen MR) is 374 cm³/mol. The Morgan fingerprint density at radius 2 is 1.09 bits per heavy atom. The summed E-state index contributed by atoms with van der Waals surface area (Å²) in [5.74, 6) is -0.501. The van der Waals surface area contributed by atoms with E-state index in [1.165, 1.54) is 141 Å². The van der Waals surface area contributed by atoms with Crippen LogP contribution in [0.2, 0.25) is 0 Å². The van der Waals surface area contributed by atoms with Crippen molar-refractivity contribution >= 4 is 48.8 Å². The van der Waals surface area contributed by atoms with Gasteiger partial charge in [-0.3, -0.25) is 23.4 Å². The second-order valence-corrected chi connectivity index (χ2v) is 26.3. The number of nitrogens with zero attached hydrogens (tertiary/aromatic N) is 2. The van der Waals surface area contributed by atoms with Crippen LogP contribution in [0.25, 0.3) is 11.1 Å². The first kappa shape index (κ1) is 81.0. The van der Waals surface area contributed by atoms with Gasteiger partial charge in [-0.1, -0.05) is 236 Å². The van der Waals surface area contributed by atoms with Crippen LogP contribution in [0.5, 0.6) is 5.75 Å². The number of unbranched alkanes of at least 4 members (excludes halogenated alkanes) is 28. The molecule has 0 aliphatic carbocycles. The van der Waals surface area contributed by atoms with Gasteiger partial charge in [-0.15, -0.1) is 0 Å². The second-order valence-electron chi connectivity index (χ2n) is 24.8. The van der Waals surface area contributed by atoms with Crippen molar-refractivity contribution in [2.45, 2.75) is 232 Å².